The zero-order valence-electron chi connectivity index (χ0n) is 15.5. The molecule has 2 saturated heterocycles. The van der Waals surface area contributed by atoms with E-state index in [0.29, 0.717) is 18.1 Å². The molecule has 0 spiro atoms. The van der Waals surface area contributed by atoms with Crippen molar-refractivity contribution in [2.75, 3.05) is 31.2 Å². The molecular weight excluding hydrogens is 330 g/mol. The van der Waals surface area contributed by atoms with Gasteiger partial charge in [0.05, 0.1) is 36.7 Å². The molecule has 5 rings (SSSR count). The number of anilines is 1. The summed E-state index contributed by atoms with van der Waals surface area (Å²) in [5, 5.41) is 0. The zero-order valence-corrected chi connectivity index (χ0v) is 15.5. The first-order valence-electron chi connectivity index (χ1n) is 10.0. The average Bonchev–Trinajstić information content (AvgIpc) is 3.25. The van der Waals surface area contributed by atoms with Crippen molar-refractivity contribution in [2.24, 2.45) is 5.92 Å². The van der Waals surface area contributed by atoms with E-state index in [-0.39, 0.29) is 11.6 Å². The van der Waals surface area contributed by atoms with E-state index in [9.17, 15) is 0 Å². The maximum atomic E-state index is 6.39. The summed E-state index contributed by atoms with van der Waals surface area (Å²) >= 11 is 0. The van der Waals surface area contributed by atoms with Gasteiger partial charge in [-0.25, -0.2) is 15.4 Å². The number of fused-ring (bicyclic) bond motifs is 1. The average molecular weight is 359 g/mol. The summed E-state index contributed by atoms with van der Waals surface area (Å²) < 4.78 is 11.8. The Morgan fingerprint density at radius 3 is 2.85 bits per heavy atom. The first kappa shape index (κ1) is 16.9. The molecule has 0 bridgehead atoms. The lowest BCUT2D eigenvalue weighted by molar-refractivity contribution is -0.0500. The lowest BCUT2D eigenvalue weighted by Gasteiger charge is -2.34. The molecule has 2 N–H and O–H groups in total. The van der Waals surface area contributed by atoms with Crippen LogP contribution in [0.25, 0.3) is 0 Å². The molecule has 4 fully saturated rings. The Morgan fingerprint density at radius 1 is 1.19 bits per heavy atom. The number of hydrogen-bond acceptors (Lipinski definition) is 7. The van der Waals surface area contributed by atoms with Gasteiger partial charge in [-0.05, 0) is 39.0 Å². The van der Waals surface area contributed by atoms with Gasteiger partial charge in [0.25, 0.3) is 0 Å². The number of ether oxygens (including phenoxy) is 2. The van der Waals surface area contributed by atoms with Crippen molar-refractivity contribution in [3.05, 3.63) is 18.1 Å². The van der Waals surface area contributed by atoms with Crippen LogP contribution in [0.5, 0.6) is 0 Å². The van der Waals surface area contributed by atoms with E-state index in [1.807, 2.05) is 0 Å². The quantitative estimate of drug-likeness (QED) is 0.845. The van der Waals surface area contributed by atoms with Crippen molar-refractivity contribution in [1.82, 2.24) is 20.8 Å². The first-order chi connectivity index (χ1) is 12.7. The molecule has 4 unspecified atom stereocenters. The topological polar surface area (TPSA) is 71.5 Å². The predicted molar refractivity (Wildman–Crippen MR) is 97.7 cm³/mol. The van der Waals surface area contributed by atoms with Gasteiger partial charge in [0.2, 0.25) is 0 Å². The van der Waals surface area contributed by atoms with E-state index >= 15 is 0 Å². The molecule has 0 aromatic carbocycles. The van der Waals surface area contributed by atoms with Crippen LogP contribution in [0.3, 0.4) is 0 Å². The fourth-order valence-corrected chi connectivity index (χ4v) is 4.61. The number of nitrogens with zero attached hydrogens (tertiary/aromatic N) is 3. The number of nitrogens with one attached hydrogen (secondary N) is 2. The van der Waals surface area contributed by atoms with Gasteiger partial charge in [-0.1, -0.05) is 0 Å². The molecular formula is C19H29N5O2. The Kier molecular flexibility index (Phi) is 4.35. The summed E-state index contributed by atoms with van der Waals surface area (Å²) in [6.45, 7) is 5.58. The Bertz CT molecular complexity index is 647. The van der Waals surface area contributed by atoms with Crippen molar-refractivity contribution in [2.45, 2.75) is 62.8 Å². The van der Waals surface area contributed by atoms with E-state index in [0.717, 1.165) is 57.1 Å². The molecule has 2 saturated carbocycles. The van der Waals surface area contributed by atoms with Gasteiger partial charge >= 0.3 is 0 Å². The Hall–Kier alpha value is -1.28. The van der Waals surface area contributed by atoms with Crippen LogP contribution in [0.1, 0.15) is 50.8 Å². The van der Waals surface area contributed by atoms with Crippen molar-refractivity contribution in [1.29, 1.82) is 0 Å². The van der Waals surface area contributed by atoms with Crippen molar-refractivity contribution in [3.63, 3.8) is 0 Å². The van der Waals surface area contributed by atoms with E-state index in [1.54, 1.807) is 6.33 Å². The van der Waals surface area contributed by atoms with Gasteiger partial charge in [-0.2, -0.15) is 0 Å². The second kappa shape index (κ2) is 6.71. The smallest absolute Gasteiger partial charge is 0.132 e. The summed E-state index contributed by atoms with van der Waals surface area (Å²) in [6, 6.07) is 2.88. The fourth-order valence-electron chi connectivity index (χ4n) is 4.61. The van der Waals surface area contributed by atoms with Crippen LogP contribution in [0.2, 0.25) is 0 Å². The van der Waals surface area contributed by atoms with Crippen molar-refractivity contribution >= 4 is 5.82 Å². The molecule has 142 valence electrons. The van der Waals surface area contributed by atoms with Crippen LogP contribution >= 0.6 is 0 Å². The van der Waals surface area contributed by atoms with E-state index in [4.69, 9.17) is 9.47 Å². The summed E-state index contributed by atoms with van der Waals surface area (Å²) in [5.41, 5.74) is 8.25. The number of hydrogen-bond donors (Lipinski definition) is 2. The van der Waals surface area contributed by atoms with Gasteiger partial charge in [0.15, 0.2) is 0 Å². The minimum Gasteiger partial charge on any atom is -0.378 e. The van der Waals surface area contributed by atoms with Crippen LogP contribution in [0, 0.1) is 5.92 Å². The number of rotatable bonds is 4. The van der Waals surface area contributed by atoms with Crippen LogP contribution in [-0.2, 0) is 9.47 Å². The lowest BCUT2D eigenvalue weighted by atomic mass is 9.79. The second-order valence-electron chi connectivity index (χ2n) is 8.44. The van der Waals surface area contributed by atoms with Crippen molar-refractivity contribution in [3.8, 4) is 0 Å². The molecule has 4 aliphatic rings. The molecule has 4 atom stereocenters. The SMILES string of the molecule is CC1(OC2CCC3NNC(c4cc(N5CCOCC5)ncn4)C3C2)CC1. The number of morpholine rings is 1. The molecule has 3 heterocycles. The van der Waals surface area contributed by atoms with Crippen LogP contribution in [0.15, 0.2) is 12.4 Å². The van der Waals surface area contributed by atoms with Crippen LogP contribution < -0.4 is 15.8 Å². The second-order valence-corrected chi connectivity index (χ2v) is 8.44. The molecule has 2 aliphatic heterocycles. The maximum Gasteiger partial charge on any atom is 0.132 e. The normalized spacial score (nSPS) is 36.0. The third-order valence-corrected chi connectivity index (χ3v) is 6.44. The van der Waals surface area contributed by atoms with Crippen molar-refractivity contribution < 1.29 is 9.47 Å². The summed E-state index contributed by atoms with van der Waals surface area (Å²) in [7, 11) is 0. The molecule has 7 nitrogen and oxygen atoms in total. The molecule has 2 aliphatic carbocycles. The number of hydrazine groups is 1. The van der Waals surface area contributed by atoms with E-state index in [2.05, 4.69) is 38.7 Å². The Balaban J connectivity index is 1.31. The molecule has 0 amide bonds. The maximum absolute atomic E-state index is 6.39. The minimum atomic E-state index is 0.158. The highest BCUT2D eigenvalue weighted by atomic mass is 16.5. The Labute approximate surface area is 154 Å². The predicted octanol–water partition coefficient (Wildman–Crippen LogP) is 1.57. The molecule has 0 radical (unpaired) electrons. The van der Waals surface area contributed by atoms with Gasteiger partial charge in [-0.3, -0.25) is 5.43 Å². The minimum absolute atomic E-state index is 0.158. The Morgan fingerprint density at radius 2 is 2.04 bits per heavy atom. The van der Waals surface area contributed by atoms with Gasteiger partial charge < -0.3 is 14.4 Å². The van der Waals surface area contributed by atoms with Gasteiger partial charge in [0.1, 0.15) is 12.1 Å². The lowest BCUT2D eigenvalue weighted by Crippen LogP contribution is -2.38. The standard InChI is InChI=1S/C19H29N5O2/c1-19(4-5-19)26-13-2-3-15-14(10-13)18(23-22-15)16-11-17(21-12-20-16)24-6-8-25-9-7-24/h11-15,18,22-23H,2-10H2,1H3. The summed E-state index contributed by atoms with van der Waals surface area (Å²) in [4.78, 5) is 11.4. The van der Waals surface area contributed by atoms with Crippen LogP contribution in [-0.4, -0.2) is 54.0 Å². The zero-order chi connectivity index (χ0) is 17.6. The highest BCUT2D eigenvalue weighted by Gasteiger charge is 2.46. The number of aromatic nitrogens is 2. The third kappa shape index (κ3) is 3.33. The fraction of sp³-hybridized carbons (Fsp3) is 0.789. The monoisotopic (exact) mass is 359 g/mol. The molecule has 1 aromatic rings. The summed E-state index contributed by atoms with van der Waals surface area (Å²) in [6.07, 6.45) is 7.93. The summed E-state index contributed by atoms with van der Waals surface area (Å²) in [5.74, 6) is 1.53. The first-order valence-corrected chi connectivity index (χ1v) is 10.0. The molecule has 26 heavy (non-hydrogen) atoms. The highest BCUT2D eigenvalue weighted by Crippen LogP contribution is 2.45. The van der Waals surface area contributed by atoms with Gasteiger partial charge in [0, 0.05) is 31.1 Å². The van der Waals surface area contributed by atoms with Gasteiger partial charge in [-0.15, -0.1) is 0 Å². The van der Waals surface area contributed by atoms with Crippen LogP contribution in [0.4, 0.5) is 5.82 Å². The van der Waals surface area contributed by atoms with E-state index < -0.39 is 0 Å². The molecule has 7 heteroatoms. The third-order valence-electron chi connectivity index (χ3n) is 6.44. The van der Waals surface area contributed by atoms with E-state index in [1.165, 1.54) is 12.8 Å². The molecule has 1 aromatic heterocycles. The highest BCUT2D eigenvalue weighted by molar-refractivity contribution is 5.40. The largest absolute Gasteiger partial charge is 0.378 e.